The van der Waals surface area contributed by atoms with Crippen LogP contribution in [0.25, 0.3) is 0 Å². The summed E-state index contributed by atoms with van der Waals surface area (Å²) in [6.07, 6.45) is -1.15. The van der Waals surface area contributed by atoms with Gasteiger partial charge in [0.05, 0.1) is 10.7 Å². The second-order valence-corrected chi connectivity index (χ2v) is 6.66. The topological polar surface area (TPSA) is 41.1 Å². The molecule has 0 saturated heterocycles. The van der Waals surface area contributed by atoms with Gasteiger partial charge in [-0.25, -0.2) is 4.39 Å². The predicted octanol–water partition coefficient (Wildman–Crippen LogP) is 4.19. The maximum atomic E-state index is 12.2. The zero-order valence-corrected chi connectivity index (χ0v) is 13.0. The zero-order valence-electron chi connectivity index (χ0n) is 9.19. The molecule has 0 aliphatic rings. The van der Waals surface area contributed by atoms with E-state index in [0.29, 0.717) is 10.7 Å². The number of halogens is 6. The van der Waals surface area contributed by atoms with Crippen LogP contribution in [-0.2, 0) is 4.79 Å². The first-order valence-electron chi connectivity index (χ1n) is 4.87. The summed E-state index contributed by atoms with van der Waals surface area (Å²) >= 11 is 28.8. The van der Waals surface area contributed by atoms with Crippen molar-refractivity contribution < 1.29 is 9.18 Å². The number of amides is 1. The second-order valence-electron chi connectivity index (χ2n) is 3.44. The lowest BCUT2D eigenvalue weighted by atomic mass is 10.3. The second kappa shape index (κ2) is 7.04. The number of benzene rings is 1. The Morgan fingerprint density at radius 2 is 1.95 bits per heavy atom. The van der Waals surface area contributed by atoms with Gasteiger partial charge in [0.25, 0.3) is 5.91 Å². The van der Waals surface area contributed by atoms with Gasteiger partial charge in [-0.05, 0) is 18.2 Å². The number of hydrogen-bond donors (Lipinski definition) is 2. The lowest BCUT2D eigenvalue weighted by molar-refractivity contribution is -0.122. The van der Waals surface area contributed by atoms with Crippen molar-refractivity contribution in [3.8, 4) is 0 Å². The van der Waals surface area contributed by atoms with Crippen LogP contribution in [0, 0.1) is 0 Å². The van der Waals surface area contributed by atoms with E-state index in [1.165, 1.54) is 12.1 Å². The number of rotatable bonds is 4. The fraction of sp³-hybridized carbons (Fsp3) is 0.300. The SMILES string of the molecule is O=C(CF)NC(Nc1ccc(Cl)cc1Cl)C(Cl)(Cl)Cl. The highest BCUT2D eigenvalue weighted by atomic mass is 35.6. The number of alkyl halides is 4. The van der Waals surface area contributed by atoms with Crippen molar-refractivity contribution >= 4 is 69.6 Å². The van der Waals surface area contributed by atoms with Crippen LogP contribution in [0.15, 0.2) is 18.2 Å². The average molecular weight is 368 g/mol. The molecule has 0 aliphatic carbocycles. The molecule has 0 fully saturated rings. The maximum absolute atomic E-state index is 12.2. The van der Waals surface area contributed by atoms with E-state index in [0.717, 1.165) is 0 Å². The fourth-order valence-electron chi connectivity index (χ4n) is 1.16. The van der Waals surface area contributed by atoms with Crippen molar-refractivity contribution in [2.24, 2.45) is 0 Å². The quantitative estimate of drug-likeness (QED) is 0.618. The first kappa shape index (κ1) is 16.9. The third kappa shape index (κ3) is 5.40. The fourth-order valence-corrected chi connectivity index (χ4v) is 1.95. The molecule has 106 valence electrons. The summed E-state index contributed by atoms with van der Waals surface area (Å²) in [6.45, 7) is -1.23. The van der Waals surface area contributed by atoms with E-state index in [4.69, 9.17) is 58.0 Å². The van der Waals surface area contributed by atoms with Crippen molar-refractivity contribution in [2.75, 3.05) is 12.0 Å². The molecule has 1 atom stereocenters. The molecule has 3 nitrogen and oxygen atoms in total. The largest absolute Gasteiger partial charge is 0.361 e. The van der Waals surface area contributed by atoms with Crippen molar-refractivity contribution in [1.29, 1.82) is 0 Å². The highest BCUT2D eigenvalue weighted by Gasteiger charge is 2.34. The van der Waals surface area contributed by atoms with Gasteiger partial charge >= 0.3 is 0 Å². The summed E-state index contributed by atoms with van der Waals surface area (Å²) in [5.41, 5.74) is 0.376. The Hall–Kier alpha value is -0.130. The number of hydrogen-bond acceptors (Lipinski definition) is 2. The van der Waals surface area contributed by atoms with E-state index in [2.05, 4.69) is 10.6 Å². The molecule has 0 heterocycles. The minimum absolute atomic E-state index is 0.265. The van der Waals surface area contributed by atoms with Crippen LogP contribution in [0.3, 0.4) is 0 Å². The number of anilines is 1. The highest BCUT2D eigenvalue weighted by Crippen LogP contribution is 2.33. The van der Waals surface area contributed by atoms with Gasteiger partial charge in [-0.1, -0.05) is 58.0 Å². The number of nitrogens with one attached hydrogen (secondary N) is 2. The molecular weight excluding hydrogens is 360 g/mol. The van der Waals surface area contributed by atoms with Crippen molar-refractivity contribution in [3.63, 3.8) is 0 Å². The van der Waals surface area contributed by atoms with Gasteiger partial charge in [0.2, 0.25) is 3.79 Å². The van der Waals surface area contributed by atoms with Gasteiger partial charge in [-0.3, -0.25) is 4.79 Å². The maximum Gasteiger partial charge on any atom is 0.253 e. The third-order valence-electron chi connectivity index (χ3n) is 1.98. The summed E-state index contributed by atoms with van der Waals surface area (Å²) in [5, 5.41) is 5.57. The van der Waals surface area contributed by atoms with Crippen LogP contribution in [0.4, 0.5) is 10.1 Å². The van der Waals surface area contributed by atoms with Crippen LogP contribution in [0.2, 0.25) is 10.0 Å². The van der Waals surface area contributed by atoms with Crippen LogP contribution in [-0.4, -0.2) is 22.5 Å². The normalized spacial score (nSPS) is 12.9. The minimum Gasteiger partial charge on any atom is -0.361 e. The molecule has 2 N–H and O–H groups in total. The summed E-state index contributed by atoms with van der Waals surface area (Å²) in [7, 11) is 0. The predicted molar refractivity (Wildman–Crippen MR) is 78.3 cm³/mol. The number of carbonyl (C=O) groups is 1. The molecule has 0 aliphatic heterocycles. The van der Waals surface area contributed by atoms with Gasteiger partial charge in [0, 0.05) is 5.02 Å². The molecule has 1 unspecified atom stereocenters. The molecule has 0 aromatic heterocycles. The minimum atomic E-state index is -1.90. The number of carbonyl (C=O) groups excluding carboxylic acids is 1. The first-order chi connectivity index (χ1) is 8.74. The summed E-state index contributed by atoms with van der Waals surface area (Å²) in [4.78, 5) is 11.0. The monoisotopic (exact) mass is 366 g/mol. The molecule has 9 heteroatoms. The molecule has 0 bridgehead atoms. The third-order valence-corrected chi connectivity index (χ3v) is 3.19. The van der Waals surface area contributed by atoms with Gasteiger partial charge in [-0.2, -0.15) is 0 Å². The molecule has 1 aromatic rings. The Labute approximate surface area is 134 Å². The van der Waals surface area contributed by atoms with E-state index in [1.807, 2.05) is 0 Å². The standard InChI is InChI=1S/C10H8Cl5FN2O/c11-5-1-2-7(6(12)3-5)17-9(10(13,14)15)18-8(19)4-16/h1-3,9,17H,4H2,(H,18,19). The van der Waals surface area contributed by atoms with E-state index < -0.39 is 22.5 Å². The molecule has 0 radical (unpaired) electrons. The van der Waals surface area contributed by atoms with Crippen molar-refractivity contribution in [2.45, 2.75) is 9.96 Å². The van der Waals surface area contributed by atoms with Gasteiger partial charge < -0.3 is 10.6 Å². The molecule has 1 rings (SSSR count). The Balaban J connectivity index is 2.91. The molecule has 19 heavy (non-hydrogen) atoms. The first-order valence-corrected chi connectivity index (χ1v) is 6.76. The van der Waals surface area contributed by atoms with E-state index in [-0.39, 0.29) is 5.02 Å². The zero-order chi connectivity index (χ0) is 14.6. The van der Waals surface area contributed by atoms with Crippen molar-refractivity contribution in [3.05, 3.63) is 28.2 Å². The molecule has 1 amide bonds. The van der Waals surface area contributed by atoms with Gasteiger partial charge in [0.1, 0.15) is 6.17 Å². The Morgan fingerprint density at radius 1 is 1.32 bits per heavy atom. The van der Waals surface area contributed by atoms with E-state index in [9.17, 15) is 9.18 Å². The molecule has 0 saturated carbocycles. The highest BCUT2D eigenvalue weighted by molar-refractivity contribution is 6.68. The molecule has 0 spiro atoms. The van der Waals surface area contributed by atoms with Crippen LogP contribution < -0.4 is 10.6 Å². The Morgan fingerprint density at radius 3 is 2.42 bits per heavy atom. The smallest absolute Gasteiger partial charge is 0.253 e. The van der Waals surface area contributed by atoms with Crippen molar-refractivity contribution in [1.82, 2.24) is 5.32 Å². The molecule has 1 aromatic carbocycles. The lowest BCUT2D eigenvalue weighted by Crippen LogP contribution is -2.49. The van der Waals surface area contributed by atoms with Crippen LogP contribution in [0.5, 0.6) is 0 Å². The Kier molecular flexibility index (Phi) is 6.27. The van der Waals surface area contributed by atoms with Crippen LogP contribution >= 0.6 is 58.0 Å². The molecular formula is C10H8Cl5FN2O. The average Bonchev–Trinajstić information content (AvgIpc) is 2.29. The lowest BCUT2D eigenvalue weighted by Gasteiger charge is -2.27. The van der Waals surface area contributed by atoms with Crippen LogP contribution in [0.1, 0.15) is 0 Å². The van der Waals surface area contributed by atoms with Gasteiger partial charge in [0.15, 0.2) is 6.67 Å². The van der Waals surface area contributed by atoms with E-state index >= 15 is 0 Å². The summed E-state index contributed by atoms with van der Waals surface area (Å²) in [5.74, 6) is -0.922. The Bertz CT molecular complexity index is 466. The summed E-state index contributed by atoms with van der Waals surface area (Å²) in [6, 6.07) is 4.57. The van der Waals surface area contributed by atoms with Gasteiger partial charge in [-0.15, -0.1) is 0 Å². The van der Waals surface area contributed by atoms with E-state index in [1.54, 1.807) is 6.07 Å². The summed E-state index contributed by atoms with van der Waals surface area (Å²) < 4.78 is 10.3.